The third-order valence-corrected chi connectivity index (χ3v) is 7.43. The molecule has 2 aliphatic carbocycles. The number of amides is 1. The number of thiazole rings is 1. The normalized spacial score (nSPS) is 28.1. The fourth-order valence-electron chi connectivity index (χ4n) is 4.78. The van der Waals surface area contributed by atoms with Crippen molar-refractivity contribution in [1.29, 1.82) is 0 Å². The molecular formula is C22H35N3O4S. The predicted molar refractivity (Wildman–Crippen MR) is 117 cm³/mol. The number of likely N-dealkylation sites (tertiary alicyclic amines) is 1. The van der Waals surface area contributed by atoms with Gasteiger partial charge in [0.05, 0.1) is 16.8 Å². The van der Waals surface area contributed by atoms with Gasteiger partial charge in [0, 0.05) is 37.5 Å². The molecule has 8 heteroatoms. The number of hydrogen-bond acceptors (Lipinski definition) is 6. The highest BCUT2D eigenvalue weighted by Gasteiger charge is 2.44. The third-order valence-electron chi connectivity index (χ3n) is 6.61. The van der Waals surface area contributed by atoms with Crippen LogP contribution in [0.5, 0.6) is 0 Å². The number of rotatable bonds is 7. The van der Waals surface area contributed by atoms with Crippen LogP contribution in [0.15, 0.2) is 5.38 Å². The molecule has 0 bridgehead atoms. The Labute approximate surface area is 183 Å². The van der Waals surface area contributed by atoms with E-state index in [2.05, 4.69) is 34.3 Å². The molecule has 2 heterocycles. The summed E-state index contributed by atoms with van der Waals surface area (Å²) in [5, 5.41) is 10.0. The van der Waals surface area contributed by atoms with Gasteiger partial charge in [-0.1, -0.05) is 0 Å². The first kappa shape index (κ1) is 23.2. The van der Waals surface area contributed by atoms with E-state index in [1.165, 1.54) is 12.8 Å². The summed E-state index contributed by atoms with van der Waals surface area (Å²) in [4.78, 5) is 30.0. The van der Waals surface area contributed by atoms with Crippen LogP contribution in [0.2, 0.25) is 0 Å². The Bertz CT molecular complexity index is 706. The van der Waals surface area contributed by atoms with Gasteiger partial charge < -0.3 is 19.6 Å². The van der Waals surface area contributed by atoms with E-state index in [1.807, 2.05) is 6.92 Å². The van der Waals surface area contributed by atoms with Gasteiger partial charge in [-0.25, -0.2) is 4.98 Å². The summed E-state index contributed by atoms with van der Waals surface area (Å²) in [5.41, 5.74) is 1.06. The number of nitrogens with zero attached hydrogens (tertiary/aromatic N) is 3. The summed E-state index contributed by atoms with van der Waals surface area (Å²) >= 11 is 1.66. The Morgan fingerprint density at radius 3 is 2.57 bits per heavy atom. The maximum Gasteiger partial charge on any atom is 0.290 e. The molecule has 4 rings (SSSR count). The van der Waals surface area contributed by atoms with Gasteiger partial charge >= 0.3 is 0 Å². The molecule has 2 saturated carbocycles. The number of carbonyl (C=O) groups excluding carboxylic acids is 1. The lowest BCUT2D eigenvalue weighted by Gasteiger charge is -2.41. The number of ether oxygens (including phenoxy) is 1. The van der Waals surface area contributed by atoms with Gasteiger partial charge in [-0.2, -0.15) is 0 Å². The van der Waals surface area contributed by atoms with Crippen LogP contribution in [-0.2, 0) is 20.7 Å². The van der Waals surface area contributed by atoms with Crippen molar-refractivity contribution in [3.63, 3.8) is 0 Å². The predicted octanol–water partition coefficient (Wildman–Crippen LogP) is 2.68. The van der Waals surface area contributed by atoms with Gasteiger partial charge in [0.15, 0.2) is 0 Å². The summed E-state index contributed by atoms with van der Waals surface area (Å²) in [6.07, 6.45) is 6.62. The molecule has 0 radical (unpaired) electrons. The molecule has 168 valence electrons. The lowest BCUT2D eigenvalue weighted by atomic mass is 9.77. The van der Waals surface area contributed by atoms with E-state index in [-0.39, 0.29) is 6.47 Å². The van der Waals surface area contributed by atoms with Crippen molar-refractivity contribution in [2.45, 2.75) is 57.6 Å². The maximum atomic E-state index is 12.7. The molecular weight excluding hydrogens is 402 g/mol. The summed E-state index contributed by atoms with van der Waals surface area (Å²) in [5.74, 6) is 2.34. The van der Waals surface area contributed by atoms with Crippen molar-refractivity contribution in [3.8, 4) is 0 Å². The number of hydrogen-bond donors (Lipinski definition) is 1. The molecule has 1 aliphatic heterocycles. The van der Waals surface area contributed by atoms with Crippen molar-refractivity contribution in [3.05, 3.63) is 16.1 Å². The molecule has 1 aromatic rings. The van der Waals surface area contributed by atoms with Crippen LogP contribution in [0.1, 0.15) is 42.8 Å². The zero-order chi connectivity index (χ0) is 21.7. The lowest BCUT2D eigenvalue weighted by Crippen LogP contribution is -2.48. The highest BCUT2D eigenvalue weighted by molar-refractivity contribution is 7.09. The zero-order valence-electron chi connectivity index (χ0n) is 18.3. The van der Waals surface area contributed by atoms with Crippen LogP contribution in [0.3, 0.4) is 0 Å². The van der Waals surface area contributed by atoms with Gasteiger partial charge in [-0.15, -0.1) is 11.3 Å². The number of aryl methyl sites for hydroxylation is 2. The first-order chi connectivity index (χ1) is 14.4. The fourth-order valence-corrected chi connectivity index (χ4v) is 5.42. The van der Waals surface area contributed by atoms with E-state index in [0.717, 1.165) is 55.6 Å². The van der Waals surface area contributed by atoms with E-state index in [0.29, 0.717) is 36.3 Å². The maximum absolute atomic E-state index is 12.7. The Balaban J connectivity index is 0.000000806. The highest BCUT2D eigenvalue weighted by Crippen LogP contribution is 2.40. The van der Waals surface area contributed by atoms with Crippen LogP contribution in [0.4, 0.5) is 0 Å². The van der Waals surface area contributed by atoms with Gasteiger partial charge in [0.2, 0.25) is 5.91 Å². The van der Waals surface area contributed by atoms with E-state index in [9.17, 15) is 4.79 Å². The van der Waals surface area contributed by atoms with Crippen LogP contribution in [0, 0.1) is 24.7 Å². The molecule has 30 heavy (non-hydrogen) atoms. The number of likely N-dealkylation sites (N-methyl/N-ethyl adjacent to an activating group) is 1. The second-order valence-corrected chi connectivity index (χ2v) is 10.2. The van der Waals surface area contributed by atoms with Crippen LogP contribution < -0.4 is 0 Å². The number of aromatic nitrogens is 1. The third kappa shape index (κ3) is 6.25. The number of carboxylic acid groups (broad SMARTS) is 1. The molecule has 1 saturated heterocycles. The minimum atomic E-state index is -0.250. The smallest absolute Gasteiger partial charge is 0.290 e. The molecule has 7 nitrogen and oxygen atoms in total. The van der Waals surface area contributed by atoms with E-state index < -0.39 is 0 Å². The number of fused-ring (bicyclic) bond motifs is 1. The molecule has 0 unspecified atom stereocenters. The minimum absolute atomic E-state index is 0.250. The van der Waals surface area contributed by atoms with Crippen molar-refractivity contribution in [2.75, 3.05) is 33.8 Å². The molecule has 3 fully saturated rings. The largest absolute Gasteiger partial charge is 0.483 e. The molecule has 1 amide bonds. The quantitative estimate of drug-likeness (QED) is 0.661. The monoisotopic (exact) mass is 437 g/mol. The first-order valence-corrected chi connectivity index (χ1v) is 11.8. The highest BCUT2D eigenvalue weighted by atomic mass is 32.1. The van der Waals surface area contributed by atoms with Gasteiger partial charge in [0.25, 0.3) is 6.47 Å². The fraction of sp³-hybridized carbons (Fsp3) is 0.773. The van der Waals surface area contributed by atoms with Crippen molar-refractivity contribution in [1.82, 2.24) is 14.8 Å². The lowest BCUT2D eigenvalue weighted by molar-refractivity contribution is -0.130. The summed E-state index contributed by atoms with van der Waals surface area (Å²) in [7, 11) is 4.35. The Hall–Kier alpha value is -1.51. The Morgan fingerprint density at radius 1 is 1.33 bits per heavy atom. The van der Waals surface area contributed by atoms with Crippen LogP contribution >= 0.6 is 11.3 Å². The summed E-state index contributed by atoms with van der Waals surface area (Å²) < 4.78 is 6.34. The molecule has 1 N–H and O–H groups in total. The van der Waals surface area contributed by atoms with Gasteiger partial charge in [0.1, 0.15) is 0 Å². The van der Waals surface area contributed by atoms with Crippen LogP contribution in [-0.4, -0.2) is 78.2 Å². The van der Waals surface area contributed by atoms with Gasteiger partial charge in [-0.3, -0.25) is 9.59 Å². The Morgan fingerprint density at radius 2 is 2.00 bits per heavy atom. The average molecular weight is 438 g/mol. The molecule has 4 atom stereocenters. The minimum Gasteiger partial charge on any atom is -0.483 e. The second kappa shape index (κ2) is 10.7. The SMILES string of the molecule is Cc1nc(CCC(=O)N2C[C@H]3C[C@@H](N(C)C)[C@H](OCC4CC4)C[C@H]3C2)cs1.O=CO. The van der Waals surface area contributed by atoms with Crippen molar-refractivity contribution >= 4 is 23.7 Å². The molecule has 1 aromatic heterocycles. The second-order valence-electron chi connectivity index (χ2n) is 9.10. The average Bonchev–Trinajstić information content (AvgIpc) is 3.30. The van der Waals surface area contributed by atoms with Crippen LogP contribution in [0.25, 0.3) is 0 Å². The number of carbonyl (C=O) groups is 2. The van der Waals surface area contributed by atoms with E-state index in [1.54, 1.807) is 11.3 Å². The van der Waals surface area contributed by atoms with E-state index in [4.69, 9.17) is 14.6 Å². The van der Waals surface area contributed by atoms with Gasteiger partial charge in [-0.05, 0) is 70.9 Å². The van der Waals surface area contributed by atoms with E-state index >= 15 is 0 Å². The summed E-state index contributed by atoms with van der Waals surface area (Å²) in [6, 6.07) is 0.484. The standard InChI is InChI=1S/C21H33N3O2S.CH2O2/c1-14-22-18(13-27-14)6-7-21(25)24-10-16-8-19(23(2)3)20(9-17(16)11-24)26-12-15-4-5-15;2-1-3/h13,15-17,19-20H,4-12H2,1-3H3;1H,(H,2,3)/t16-,17+,19-,20-;/m1./s1. The first-order valence-electron chi connectivity index (χ1n) is 11.0. The Kier molecular flexibility index (Phi) is 8.25. The van der Waals surface area contributed by atoms with Crippen molar-refractivity contribution in [2.24, 2.45) is 17.8 Å². The van der Waals surface area contributed by atoms with Crippen molar-refractivity contribution < 1.29 is 19.4 Å². The molecule has 0 aromatic carbocycles. The topological polar surface area (TPSA) is 83.0 Å². The summed E-state index contributed by atoms with van der Waals surface area (Å²) in [6.45, 7) is 4.55. The molecule has 3 aliphatic rings. The molecule has 0 spiro atoms. The zero-order valence-corrected chi connectivity index (χ0v) is 19.1.